The molecule has 1 aliphatic heterocycles. The molecule has 2 nitrogen and oxygen atoms in total. The molecule has 2 aromatic carbocycles. The minimum atomic E-state index is 0.560. The highest BCUT2D eigenvalue weighted by Gasteiger charge is 2.27. The summed E-state index contributed by atoms with van der Waals surface area (Å²) in [5.74, 6) is 2.48. The van der Waals surface area contributed by atoms with Crippen molar-refractivity contribution in [3.8, 4) is 22.8 Å². The first-order valence-electron chi connectivity index (χ1n) is 9.14. The van der Waals surface area contributed by atoms with Crippen molar-refractivity contribution in [2.24, 2.45) is 5.92 Å². The van der Waals surface area contributed by atoms with Crippen molar-refractivity contribution in [3.05, 3.63) is 52.4 Å². The SMILES string of the molecule is Cc1cc2c3c(cc(C)cc3c1)-c1nc3sccc3c(CC(C)C)c1O2. The second kappa shape index (κ2) is 5.55. The molecule has 2 aromatic heterocycles. The molecule has 1 aliphatic rings. The number of aromatic nitrogens is 1. The lowest BCUT2D eigenvalue weighted by atomic mass is 9.91. The van der Waals surface area contributed by atoms with Crippen molar-refractivity contribution in [2.75, 3.05) is 0 Å². The van der Waals surface area contributed by atoms with Gasteiger partial charge in [0.05, 0.1) is 0 Å². The molecule has 3 heteroatoms. The van der Waals surface area contributed by atoms with Gasteiger partial charge in [0.2, 0.25) is 0 Å². The molecular formula is C23H21NOS. The fourth-order valence-electron chi connectivity index (χ4n) is 4.08. The predicted octanol–water partition coefficient (Wildman–Crippen LogP) is 7.04. The van der Waals surface area contributed by atoms with Crippen molar-refractivity contribution >= 4 is 32.3 Å². The molecule has 3 heterocycles. The second-order valence-corrected chi connectivity index (χ2v) is 8.68. The summed E-state index contributed by atoms with van der Waals surface area (Å²) in [5.41, 5.74) is 5.98. The lowest BCUT2D eigenvalue weighted by Gasteiger charge is -2.25. The average Bonchev–Trinajstić information content (AvgIpc) is 3.02. The summed E-state index contributed by atoms with van der Waals surface area (Å²) in [6, 6.07) is 11.1. The number of pyridine rings is 1. The first-order chi connectivity index (χ1) is 12.5. The molecule has 26 heavy (non-hydrogen) atoms. The fraction of sp³-hybridized carbons (Fsp3) is 0.261. The van der Waals surface area contributed by atoms with E-state index in [1.54, 1.807) is 11.3 Å². The van der Waals surface area contributed by atoms with Crippen LogP contribution in [0.4, 0.5) is 0 Å². The van der Waals surface area contributed by atoms with E-state index in [4.69, 9.17) is 9.72 Å². The van der Waals surface area contributed by atoms with Gasteiger partial charge in [0, 0.05) is 21.9 Å². The maximum atomic E-state index is 6.52. The molecule has 0 aliphatic carbocycles. The molecule has 0 unspecified atom stereocenters. The zero-order valence-electron chi connectivity index (χ0n) is 15.5. The van der Waals surface area contributed by atoms with Crippen LogP contribution in [0.1, 0.15) is 30.5 Å². The van der Waals surface area contributed by atoms with E-state index in [1.807, 2.05) is 0 Å². The van der Waals surface area contributed by atoms with E-state index >= 15 is 0 Å². The Hall–Kier alpha value is -2.39. The molecule has 4 aromatic rings. The van der Waals surface area contributed by atoms with Crippen molar-refractivity contribution in [1.82, 2.24) is 4.98 Å². The average molecular weight is 359 g/mol. The molecule has 0 saturated carbocycles. The van der Waals surface area contributed by atoms with Gasteiger partial charge in [0.15, 0.2) is 5.75 Å². The molecule has 0 amide bonds. The third-order valence-corrected chi connectivity index (χ3v) is 5.86. The van der Waals surface area contributed by atoms with E-state index < -0.39 is 0 Å². The number of rotatable bonds is 2. The number of aryl methyl sites for hydroxylation is 2. The van der Waals surface area contributed by atoms with Gasteiger partial charge in [-0.2, -0.15) is 0 Å². The van der Waals surface area contributed by atoms with Crippen LogP contribution < -0.4 is 4.74 Å². The number of nitrogens with zero attached hydrogens (tertiary/aromatic N) is 1. The Labute approximate surface area is 157 Å². The van der Waals surface area contributed by atoms with Gasteiger partial charge in [-0.15, -0.1) is 11.3 Å². The standard InChI is InChI=1S/C23H21NOS/c1-12(2)7-17-16-5-6-26-23(16)24-21-18-10-13(3)8-15-9-14(4)11-19(20(15)18)25-22(17)21/h5-6,8-12H,7H2,1-4H3. The normalized spacial score (nSPS) is 12.7. The quantitative estimate of drug-likeness (QED) is 0.337. The largest absolute Gasteiger partial charge is 0.454 e. The fourth-order valence-corrected chi connectivity index (χ4v) is 4.88. The first-order valence-corrected chi connectivity index (χ1v) is 10.0. The second-order valence-electron chi connectivity index (χ2n) is 7.78. The summed E-state index contributed by atoms with van der Waals surface area (Å²) < 4.78 is 6.52. The molecule has 0 saturated heterocycles. The van der Waals surface area contributed by atoms with Gasteiger partial charge < -0.3 is 4.74 Å². The number of hydrogen-bond acceptors (Lipinski definition) is 3. The molecule has 0 radical (unpaired) electrons. The summed E-state index contributed by atoms with van der Waals surface area (Å²) in [6.07, 6.45) is 0.994. The van der Waals surface area contributed by atoms with Crippen molar-refractivity contribution in [1.29, 1.82) is 0 Å². The number of ether oxygens (including phenoxy) is 1. The van der Waals surface area contributed by atoms with E-state index in [0.717, 1.165) is 28.4 Å². The van der Waals surface area contributed by atoms with Gasteiger partial charge in [-0.3, -0.25) is 0 Å². The van der Waals surface area contributed by atoms with E-state index in [0.29, 0.717) is 5.92 Å². The lowest BCUT2D eigenvalue weighted by molar-refractivity contribution is 0.474. The molecule has 0 atom stereocenters. The lowest BCUT2D eigenvalue weighted by Crippen LogP contribution is -2.06. The zero-order chi connectivity index (χ0) is 18.0. The summed E-state index contributed by atoms with van der Waals surface area (Å²) in [7, 11) is 0. The van der Waals surface area contributed by atoms with Crippen molar-refractivity contribution in [2.45, 2.75) is 34.1 Å². The molecule has 130 valence electrons. The molecule has 0 fully saturated rings. The first kappa shape index (κ1) is 15.8. The Balaban J connectivity index is 1.92. The number of benzene rings is 2. The van der Waals surface area contributed by atoms with E-state index in [-0.39, 0.29) is 0 Å². The van der Waals surface area contributed by atoms with Gasteiger partial charge in [0.1, 0.15) is 16.3 Å². The summed E-state index contributed by atoms with van der Waals surface area (Å²) in [4.78, 5) is 6.13. The van der Waals surface area contributed by atoms with Gasteiger partial charge in [0.25, 0.3) is 0 Å². The number of thiophene rings is 1. The van der Waals surface area contributed by atoms with E-state index in [1.165, 1.54) is 38.4 Å². The maximum Gasteiger partial charge on any atom is 0.157 e. The number of hydrogen-bond donors (Lipinski definition) is 0. The summed E-state index contributed by atoms with van der Waals surface area (Å²) >= 11 is 1.71. The Morgan fingerprint density at radius 1 is 1.08 bits per heavy atom. The van der Waals surface area contributed by atoms with Gasteiger partial charge in [-0.05, 0) is 66.3 Å². The highest BCUT2D eigenvalue weighted by molar-refractivity contribution is 7.16. The van der Waals surface area contributed by atoms with Crippen molar-refractivity contribution in [3.63, 3.8) is 0 Å². The van der Waals surface area contributed by atoms with Crippen LogP contribution >= 0.6 is 11.3 Å². The van der Waals surface area contributed by atoms with Crippen LogP contribution in [-0.4, -0.2) is 4.98 Å². The Bertz CT molecular complexity index is 1180. The zero-order valence-corrected chi connectivity index (χ0v) is 16.3. The van der Waals surface area contributed by atoms with E-state index in [9.17, 15) is 0 Å². The Morgan fingerprint density at radius 2 is 1.85 bits per heavy atom. The van der Waals surface area contributed by atoms with Crippen LogP contribution in [0.5, 0.6) is 11.5 Å². The van der Waals surface area contributed by atoms with Gasteiger partial charge >= 0.3 is 0 Å². The highest BCUT2D eigenvalue weighted by Crippen LogP contribution is 2.50. The maximum absolute atomic E-state index is 6.52. The monoisotopic (exact) mass is 359 g/mol. The van der Waals surface area contributed by atoms with Crippen LogP contribution in [-0.2, 0) is 6.42 Å². The number of fused-ring (bicyclic) bond motifs is 3. The molecular weight excluding hydrogens is 338 g/mol. The Kier molecular flexibility index (Phi) is 3.38. The minimum Gasteiger partial charge on any atom is -0.454 e. The van der Waals surface area contributed by atoms with Crippen LogP contribution in [0, 0.1) is 19.8 Å². The third kappa shape index (κ3) is 2.27. The van der Waals surface area contributed by atoms with Crippen molar-refractivity contribution < 1.29 is 4.74 Å². The van der Waals surface area contributed by atoms with Gasteiger partial charge in [-0.25, -0.2) is 4.98 Å². The Morgan fingerprint density at radius 3 is 2.62 bits per heavy atom. The molecule has 5 rings (SSSR count). The van der Waals surface area contributed by atoms with Gasteiger partial charge in [-0.1, -0.05) is 26.0 Å². The highest BCUT2D eigenvalue weighted by atomic mass is 32.1. The topological polar surface area (TPSA) is 22.1 Å². The van der Waals surface area contributed by atoms with Crippen LogP contribution in [0.15, 0.2) is 35.7 Å². The minimum absolute atomic E-state index is 0.560. The summed E-state index contributed by atoms with van der Waals surface area (Å²) in [6.45, 7) is 8.81. The summed E-state index contributed by atoms with van der Waals surface area (Å²) in [5, 5.41) is 5.80. The van der Waals surface area contributed by atoms with Crippen LogP contribution in [0.3, 0.4) is 0 Å². The smallest absolute Gasteiger partial charge is 0.157 e. The molecule has 0 N–H and O–H groups in total. The third-order valence-electron chi connectivity index (χ3n) is 5.05. The van der Waals surface area contributed by atoms with Crippen LogP contribution in [0.2, 0.25) is 0 Å². The van der Waals surface area contributed by atoms with Crippen LogP contribution in [0.25, 0.3) is 32.2 Å². The predicted molar refractivity (Wildman–Crippen MR) is 111 cm³/mol. The molecule has 0 bridgehead atoms. The van der Waals surface area contributed by atoms with E-state index in [2.05, 4.69) is 63.4 Å². The molecule has 0 spiro atoms.